The molecule has 13 heteroatoms. The van der Waals surface area contributed by atoms with Crippen molar-refractivity contribution in [3.63, 3.8) is 0 Å². The normalized spacial score (nSPS) is 16.1. The first-order valence-corrected chi connectivity index (χ1v) is 4.56. The van der Waals surface area contributed by atoms with Crippen molar-refractivity contribution in [2.24, 2.45) is 0 Å². The smallest absolute Gasteiger partial charge is 0.425 e. The lowest BCUT2D eigenvalue weighted by Crippen LogP contribution is -2.70. The molecule has 0 atom stereocenters. The van der Waals surface area contributed by atoms with Crippen LogP contribution in [0.4, 0.5) is 39.5 Å². The highest BCUT2D eigenvalue weighted by Gasteiger charge is 2.88. The van der Waals surface area contributed by atoms with Crippen molar-refractivity contribution in [2.45, 2.75) is 23.3 Å². The molecule has 0 aromatic carbocycles. The van der Waals surface area contributed by atoms with Crippen molar-refractivity contribution in [3.8, 4) is 0 Å². The predicted molar refractivity (Wildman–Crippen MR) is 30.6 cm³/mol. The summed E-state index contributed by atoms with van der Waals surface area (Å²) in [7, 11) is -7.82. The molecule has 3 nitrogen and oxygen atoms in total. The van der Waals surface area contributed by atoms with E-state index in [4.69, 9.17) is 0 Å². The van der Waals surface area contributed by atoms with Crippen LogP contribution in [0.15, 0.2) is 0 Å². The van der Waals surface area contributed by atoms with E-state index in [-0.39, 0.29) is 0 Å². The highest BCUT2D eigenvalue weighted by atomic mass is 32.2. The Labute approximate surface area is 87.0 Å². The Balaban J connectivity index is 6.60. The molecule has 0 aliphatic rings. The molecule has 0 radical (unpaired) electrons. The fourth-order valence-electron chi connectivity index (χ4n) is 0.907. The van der Waals surface area contributed by atoms with Crippen molar-refractivity contribution >= 4 is 10.1 Å². The van der Waals surface area contributed by atoms with Gasteiger partial charge >= 0.3 is 23.3 Å². The SMILES string of the molecule is O=S(=O)([O-])C(C(F)(F)F)(C(F)(F)F)C(F)(F)F. The van der Waals surface area contributed by atoms with E-state index in [0.29, 0.717) is 0 Å². The van der Waals surface area contributed by atoms with Crippen molar-refractivity contribution in [3.05, 3.63) is 0 Å². The standard InChI is InChI=1S/C4HF9O3S/c5-2(6,7)1(3(8,9)10,4(11,12)13)17(14,15)16/h(H,14,15,16)/p-1. The van der Waals surface area contributed by atoms with Crippen LogP contribution in [0, 0.1) is 0 Å². The largest absolute Gasteiger partial charge is 0.747 e. The molecule has 0 aromatic heterocycles. The fourth-order valence-corrected chi connectivity index (χ4v) is 1.76. The highest BCUT2D eigenvalue weighted by Crippen LogP contribution is 2.56. The maximum atomic E-state index is 11.8. The van der Waals surface area contributed by atoms with Gasteiger partial charge in [-0.15, -0.1) is 0 Å². The van der Waals surface area contributed by atoms with E-state index in [2.05, 4.69) is 0 Å². The molecule has 0 spiro atoms. The first kappa shape index (κ1) is 16.3. The topological polar surface area (TPSA) is 57.2 Å². The second-order valence-electron chi connectivity index (χ2n) is 2.63. The van der Waals surface area contributed by atoms with Gasteiger partial charge in [0.15, 0.2) is 0 Å². The van der Waals surface area contributed by atoms with Gasteiger partial charge in [0.1, 0.15) is 10.1 Å². The summed E-state index contributed by atoms with van der Waals surface area (Å²) in [5.74, 6) is 0. The van der Waals surface area contributed by atoms with Crippen LogP contribution in [-0.2, 0) is 10.1 Å². The first-order valence-electron chi connectivity index (χ1n) is 3.15. The zero-order valence-corrected chi connectivity index (χ0v) is 7.85. The van der Waals surface area contributed by atoms with E-state index < -0.39 is 33.4 Å². The van der Waals surface area contributed by atoms with Crippen LogP contribution < -0.4 is 0 Å². The molecular weight excluding hydrogens is 299 g/mol. The molecular formula is C4F9O3S-. The maximum absolute atomic E-state index is 11.8. The number of alkyl halides is 9. The van der Waals surface area contributed by atoms with Gasteiger partial charge in [0, 0.05) is 0 Å². The molecule has 104 valence electrons. The molecule has 0 aliphatic heterocycles. The third-order valence-corrected chi connectivity index (χ3v) is 3.02. The lowest BCUT2D eigenvalue weighted by atomic mass is 10.1. The highest BCUT2D eigenvalue weighted by molar-refractivity contribution is 7.87. The summed E-state index contributed by atoms with van der Waals surface area (Å²) >= 11 is 0. The van der Waals surface area contributed by atoms with Gasteiger partial charge in [-0.3, -0.25) is 0 Å². The van der Waals surface area contributed by atoms with Crippen LogP contribution in [0.2, 0.25) is 0 Å². The summed E-state index contributed by atoms with van der Waals surface area (Å²) in [6.45, 7) is 0. The first-order chi connectivity index (χ1) is 7.00. The van der Waals surface area contributed by atoms with Crippen molar-refractivity contribution in [1.29, 1.82) is 0 Å². The minimum atomic E-state index is -7.82. The van der Waals surface area contributed by atoms with Crippen LogP contribution in [0.5, 0.6) is 0 Å². The van der Waals surface area contributed by atoms with Gasteiger partial charge in [-0.1, -0.05) is 0 Å². The number of halogens is 9. The number of hydrogen-bond donors (Lipinski definition) is 0. The maximum Gasteiger partial charge on any atom is 0.425 e. The lowest BCUT2D eigenvalue weighted by molar-refractivity contribution is -0.349. The van der Waals surface area contributed by atoms with Crippen LogP contribution in [0.3, 0.4) is 0 Å². The van der Waals surface area contributed by atoms with E-state index in [1.54, 1.807) is 0 Å². The summed E-state index contributed by atoms with van der Waals surface area (Å²) in [5.41, 5.74) is 0. The summed E-state index contributed by atoms with van der Waals surface area (Å²) in [4.78, 5) is 0. The van der Waals surface area contributed by atoms with Gasteiger partial charge in [0.05, 0.1) is 0 Å². The Kier molecular flexibility index (Phi) is 3.48. The lowest BCUT2D eigenvalue weighted by Gasteiger charge is -2.39. The van der Waals surface area contributed by atoms with E-state index in [1.807, 2.05) is 0 Å². The molecule has 0 rings (SSSR count). The van der Waals surface area contributed by atoms with Crippen molar-refractivity contribution < 1.29 is 52.5 Å². The van der Waals surface area contributed by atoms with Crippen LogP contribution in [0.25, 0.3) is 0 Å². The molecule has 0 amide bonds. The van der Waals surface area contributed by atoms with Crippen LogP contribution in [-0.4, -0.2) is 36.2 Å². The summed E-state index contributed by atoms with van der Waals surface area (Å²) in [6, 6.07) is 0. The van der Waals surface area contributed by atoms with Crippen LogP contribution >= 0.6 is 0 Å². The zero-order valence-electron chi connectivity index (χ0n) is 7.03. The van der Waals surface area contributed by atoms with Crippen molar-refractivity contribution in [2.75, 3.05) is 0 Å². The van der Waals surface area contributed by atoms with E-state index in [0.717, 1.165) is 0 Å². The summed E-state index contributed by atoms with van der Waals surface area (Å²) in [5, 5.41) is 0. The average molecular weight is 299 g/mol. The minimum absolute atomic E-state index is 7.33. The molecule has 0 unspecified atom stereocenters. The quantitative estimate of drug-likeness (QED) is 0.549. The third-order valence-electron chi connectivity index (χ3n) is 1.57. The monoisotopic (exact) mass is 299 g/mol. The van der Waals surface area contributed by atoms with Gasteiger partial charge in [-0.05, 0) is 0 Å². The van der Waals surface area contributed by atoms with Gasteiger partial charge in [0.25, 0.3) is 0 Å². The summed E-state index contributed by atoms with van der Waals surface area (Å²) in [6.07, 6.45) is -22.2. The molecule has 0 aromatic rings. The Morgan fingerprint density at radius 2 is 0.824 bits per heavy atom. The molecule has 0 saturated carbocycles. The number of hydrogen-bond acceptors (Lipinski definition) is 3. The molecule has 0 bridgehead atoms. The molecule has 17 heavy (non-hydrogen) atoms. The molecule has 0 saturated heterocycles. The van der Waals surface area contributed by atoms with E-state index in [1.165, 1.54) is 0 Å². The summed E-state index contributed by atoms with van der Waals surface area (Å²) < 4.78 is 129. The van der Waals surface area contributed by atoms with E-state index >= 15 is 0 Å². The fraction of sp³-hybridized carbons (Fsp3) is 1.00. The Morgan fingerprint density at radius 3 is 0.824 bits per heavy atom. The minimum Gasteiger partial charge on any atom is -0.747 e. The Bertz CT molecular complexity index is 348. The molecule has 0 heterocycles. The third kappa shape index (κ3) is 2.17. The van der Waals surface area contributed by atoms with Gasteiger partial charge in [-0.25, -0.2) is 8.42 Å². The molecule has 0 aliphatic carbocycles. The zero-order chi connectivity index (χ0) is 14.5. The van der Waals surface area contributed by atoms with Gasteiger partial charge < -0.3 is 4.55 Å². The van der Waals surface area contributed by atoms with Crippen LogP contribution in [0.1, 0.15) is 0 Å². The van der Waals surface area contributed by atoms with Crippen molar-refractivity contribution in [1.82, 2.24) is 0 Å². The second kappa shape index (κ2) is 3.63. The molecule has 0 N–H and O–H groups in total. The number of rotatable bonds is 1. The molecule has 0 fully saturated rings. The Morgan fingerprint density at radius 1 is 0.647 bits per heavy atom. The van der Waals surface area contributed by atoms with E-state index in [9.17, 15) is 52.5 Å². The average Bonchev–Trinajstić information content (AvgIpc) is 1.67. The van der Waals surface area contributed by atoms with Gasteiger partial charge in [-0.2, -0.15) is 39.5 Å². The predicted octanol–water partition coefficient (Wildman–Crippen LogP) is 1.96. The Hall–Kier alpha value is -0.720. The van der Waals surface area contributed by atoms with Gasteiger partial charge in [0.2, 0.25) is 0 Å². The second-order valence-corrected chi connectivity index (χ2v) is 4.15.